The molecule has 0 amide bonds. The maximum absolute atomic E-state index is 5.01. The molecule has 3 aliphatic rings. The summed E-state index contributed by atoms with van der Waals surface area (Å²) in [6.45, 7) is 28.6. The topological polar surface area (TPSA) is 126 Å². The van der Waals surface area contributed by atoms with Crippen molar-refractivity contribution in [2.45, 2.75) is 106 Å². The molecule has 0 atom stereocenters. The van der Waals surface area contributed by atoms with Crippen LogP contribution in [0.1, 0.15) is 114 Å². The Morgan fingerprint density at radius 2 is 0.339 bits per heavy atom. The van der Waals surface area contributed by atoms with Crippen molar-refractivity contribution < 1.29 is 0 Å². The highest BCUT2D eigenvalue weighted by atomic mass is 15.2. The van der Waals surface area contributed by atoms with Gasteiger partial charge >= 0.3 is 0 Å². The fraction of sp³-hybridized carbons (Fsp3) is 0.139. The van der Waals surface area contributed by atoms with E-state index in [1.54, 1.807) is 0 Å². The molecular formula is C115H98N12. The molecule has 0 saturated heterocycles. The van der Waals surface area contributed by atoms with Crippen molar-refractivity contribution in [2.75, 3.05) is 14.7 Å². The molecular weight excluding hydrogens is 1550 g/mol. The van der Waals surface area contributed by atoms with E-state index >= 15 is 0 Å². The molecule has 0 aliphatic carbocycles. The Labute approximate surface area is 744 Å². The number of rotatable bonds is 12. The third-order valence-corrected chi connectivity index (χ3v) is 25.5. The fourth-order valence-electron chi connectivity index (χ4n) is 17.9. The summed E-state index contributed by atoms with van der Waals surface area (Å²) in [5.41, 5.74) is 35.4. The molecule has 12 nitrogen and oxygen atoms in total. The van der Waals surface area contributed by atoms with E-state index in [2.05, 4.69) is 432 Å². The molecule has 618 valence electrons. The van der Waals surface area contributed by atoms with Crippen LogP contribution in [-0.2, 0) is 16.2 Å². The number of aromatic nitrogens is 9. The highest BCUT2D eigenvalue weighted by Crippen LogP contribution is 2.55. The Balaban J connectivity index is 0.000000124. The van der Waals surface area contributed by atoms with Crippen molar-refractivity contribution in [1.82, 2.24) is 44.9 Å². The van der Waals surface area contributed by atoms with Gasteiger partial charge in [-0.3, -0.25) is 0 Å². The predicted molar refractivity (Wildman–Crippen MR) is 522 cm³/mol. The van der Waals surface area contributed by atoms with E-state index in [1.165, 1.54) is 106 Å². The van der Waals surface area contributed by atoms with Crippen LogP contribution in [0, 0.1) is 48.5 Å². The lowest BCUT2D eigenvalue weighted by molar-refractivity contribution is 0.632. The third-order valence-electron chi connectivity index (χ3n) is 25.5. The molecule has 127 heavy (non-hydrogen) atoms. The smallest absolute Gasteiger partial charge is 0.164 e. The third kappa shape index (κ3) is 15.7. The average molecular weight is 1650 g/mol. The van der Waals surface area contributed by atoms with Crippen molar-refractivity contribution in [3.63, 3.8) is 0 Å². The zero-order chi connectivity index (χ0) is 87.4. The van der Waals surface area contributed by atoms with Crippen molar-refractivity contribution in [3.05, 3.63) is 430 Å². The zero-order valence-corrected chi connectivity index (χ0v) is 73.9. The number of aryl methyl sites for hydroxylation is 7. The summed E-state index contributed by atoms with van der Waals surface area (Å²) in [5, 5.41) is 0. The number of nitrogens with zero attached hydrogens (tertiary/aromatic N) is 12. The molecule has 21 rings (SSSR count). The Bertz CT molecular complexity index is 6880. The molecule has 0 unspecified atom stereocenters. The Morgan fingerprint density at radius 3 is 0.551 bits per heavy atom. The summed E-state index contributed by atoms with van der Waals surface area (Å²) < 4.78 is 0. The summed E-state index contributed by atoms with van der Waals surface area (Å²) >= 11 is 0. The van der Waals surface area contributed by atoms with Gasteiger partial charge in [-0.05, 0) is 225 Å². The standard InChI is InChI=1S/C40H36N4.C38H32N4.C37H30N4/c1-25-15-17-30(23-27(25)3)38-41-37(42-39(43-38)31-18-16-26(2)28(4)24-31)29-19-21-32(22-20-29)44-35-13-9-7-11-33(35)40(5,6)34-12-8-10-14-36(34)44;1-25-13-17-27(18-14-25)35-39-36(28-19-15-26(2)16-20-28)41-37(40-35)29-21-23-30(24-22-29)42-33-11-7-5-9-31(33)38(3,4)32-10-6-8-12-34(32)42;1-25-17-19-27(20-18-25)35-38-34(26-11-5-4-6-12-26)39-36(40-35)28-21-23-29(24-22-28)41-32-15-9-7-13-30(32)37(2,3)31-14-8-10-16-33(31)41/h7-24H,1-6H3;5-24H,1-4H3;4-24H,1-3H3. The zero-order valence-electron chi connectivity index (χ0n) is 73.9. The molecule has 3 aromatic heterocycles. The van der Waals surface area contributed by atoms with Crippen molar-refractivity contribution in [1.29, 1.82) is 0 Å². The second-order valence-corrected chi connectivity index (χ2v) is 35.1. The van der Waals surface area contributed by atoms with Gasteiger partial charge in [-0.2, -0.15) is 0 Å². The van der Waals surface area contributed by atoms with E-state index in [1.807, 2.05) is 30.3 Å². The Hall–Kier alpha value is -15.3. The van der Waals surface area contributed by atoms with Gasteiger partial charge in [-0.15, -0.1) is 0 Å². The van der Waals surface area contributed by atoms with Crippen LogP contribution in [0.5, 0.6) is 0 Å². The second kappa shape index (κ2) is 33.4. The van der Waals surface area contributed by atoms with Gasteiger partial charge in [0.05, 0.1) is 34.1 Å². The maximum Gasteiger partial charge on any atom is 0.164 e. The fourth-order valence-corrected chi connectivity index (χ4v) is 17.9. The summed E-state index contributed by atoms with van der Waals surface area (Å²) in [7, 11) is 0. The number of hydrogen-bond acceptors (Lipinski definition) is 12. The van der Waals surface area contributed by atoms with Gasteiger partial charge in [0.25, 0.3) is 0 Å². The lowest BCUT2D eigenvalue weighted by Crippen LogP contribution is -2.30. The molecule has 0 fully saturated rings. The van der Waals surface area contributed by atoms with Gasteiger partial charge in [-0.25, -0.2) is 44.9 Å². The van der Waals surface area contributed by atoms with E-state index < -0.39 is 0 Å². The second-order valence-electron chi connectivity index (χ2n) is 35.1. The molecule has 12 heteroatoms. The number of anilines is 9. The molecule has 15 aromatic carbocycles. The molecule has 0 bridgehead atoms. The van der Waals surface area contributed by atoms with Crippen LogP contribution in [0.4, 0.5) is 51.2 Å². The van der Waals surface area contributed by atoms with E-state index in [4.69, 9.17) is 44.9 Å². The summed E-state index contributed by atoms with van der Waals surface area (Å²) in [5.74, 6) is 5.99. The highest BCUT2D eigenvalue weighted by molar-refractivity contribution is 5.90. The van der Waals surface area contributed by atoms with Gasteiger partial charge in [-0.1, -0.05) is 295 Å². The summed E-state index contributed by atoms with van der Waals surface area (Å²) in [6.07, 6.45) is 0. The number of hydrogen-bond donors (Lipinski definition) is 0. The summed E-state index contributed by atoms with van der Waals surface area (Å²) in [6, 6.07) is 126. The number of benzene rings is 15. The molecule has 3 aliphatic heterocycles. The van der Waals surface area contributed by atoms with Crippen molar-refractivity contribution in [3.8, 4) is 102 Å². The minimum absolute atomic E-state index is 0.0886. The van der Waals surface area contributed by atoms with E-state index in [9.17, 15) is 0 Å². The van der Waals surface area contributed by atoms with Crippen molar-refractivity contribution in [2.24, 2.45) is 0 Å². The van der Waals surface area contributed by atoms with Crippen molar-refractivity contribution >= 4 is 51.2 Å². The first-order chi connectivity index (χ1) is 61.6. The van der Waals surface area contributed by atoms with Gasteiger partial charge < -0.3 is 14.7 Å². The van der Waals surface area contributed by atoms with Gasteiger partial charge in [0.15, 0.2) is 52.4 Å². The number of fused-ring (bicyclic) bond motifs is 6. The SMILES string of the molecule is Cc1ccc(-c2nc(-c3ccc(C)cc3)nc(-c3ccc(N4c5ccccc5C(C)(C)c5ccccc54)cc3)n2)cc1.Cc1ccc(-c2nc(-c3ccc(N4c5ccccc5C(C)(C)c5ccccc54)cc3)nc(-c3ccc(C)c(C)c3)n2)cc1C.Cc1ccc(-c2nc(-c3ccccc3)nc(-c3ccc(N4c5ccccc5C(C)(C)c5ccccc54)cc3)n2)cc1. The van der Waals surface area contributed by atoms with Crippen LogP contribution in [0.3, 0.4) is 0 Å². The van der Waals surface area contributed by atoms with E-state index in [0.717, 1.165) is 67.1 Å². The van der Waals surface area contributed by atoms with Crippen LogP contribution in [0.2, 0.25) is 0 Å². The molecule has 18 aromatic rings. The molecule has 0 saturated carbocycles. The minimum atomic E-state index is -0.0933. The largest absolute Gasteiger partial charge is 0.310 e. The van der Waals surface area contributed by atoms with Gasteiger partial charge in [0.2, 0.25) is 0 Å². The lowest BCUT2D eigenvalue weighted by Gasteiger charge is -2.42. The molecule has 0 N–H and O–H groups in total. The first-order valence-electron chi connectivity index (χ1n) is 43.6. The van der Waals surface area contributed by atoms with Crippen LogP contribution < -0.4 is 14.7 Å². The van der Waals surface area contributed by atoms with Crippen LogP contribution in [-0.4, -0.2) is 44.9 Å². The quantitative estimate of drug-likeness (QED) is 0.116. The summed E-state index contributed by atoms with van der Waals surface area (Å²) in [4.78, 5) is 51.5. The Kier molecular flexibility index (Phi) is 21.4. The normalized spacial score (nSPS) is 13.4. The highest BCUT2D eigenvalue weighted by Gasteiger charge is 2.40. The molecule has 0 radical (unpaired) electrons. The lowest BCUT2D eigenvalue weighted by atomic mass is 9.73. The van der Waals surface area contributed by atoms with Crippen LogP contribution in [0.15, 0.2) is 358 Å². The first-order valence-corrected chi connectivity index (χ1v) is 43.6. The average Bonchev–Trinajstić information content (AvgIpc) is 0.734. The van der Waals surface area contributed by atoms with Gasteiger partial charge in [0.1, 0.15) is 0 Å². The Morgan fingerprint density at radius 1 is 0.165 bits per heavy atom. The minimum Gasteiger partial charge on any atom is -0.310 e. The van der Waals surface area contributed by atoms with Crippen LogP contribution in [0.25, 0.3) is 102 Å². The first kappa shape index (κ1) is 81.4. The number of para-hydroxylation sites is 6. The monoisotopic (exact) mass is 1650 g/mol. The molecule has 0 spiro atoms. The van der Waals surface area contributed by atoms with E-state index in [-0.39, 0.29) is 16.2 Å². The maximum atomic E-state index is 5.01. The van der Waals surface area contributed by atoms with Gasteiger partial charge in [0, 0.05) is 83.4 Å². The molecule has 6 heterocycles. The van der Waals surface area contributed by atoms with Crippen LogP contribution >= 0.6 is 0 Å². The predicted octanol–water partition coefficient (Wildman–Crippen LogP) is 29.1. The van der Waals surface area contributed by atoms with E-state index in [0.29, 0.717) is 52.4 Å².